The molecule has 0 saturated carbocycles. The van der Waals surface area contributed by atoms with Crippen LogP contribution in [-0.4, -0.2) is 54.6 Å². The molecule has 11 heteroatoms. The Morgan fingerprint density at radius 2 is 1.96 bits per heavy atom. The molecule has 4 rings (SSSR count). The summed E-state index contributed by atoms with van der Waals surface area (Å²) in [6.07, 6.45) is 3.49. The van der Waals surface area contributed by atoms with E-state index in [2.05, 4.69) is 25.7 Å². The van der Waals surface area contributed by atoms with Gasteiger partial charge in [-0.05, 0) is 18.9 Å². The Morgan fingerprint density at radius 1 is 1.19 bits per heavy atom. The van der Waals surface area contributed by atoms with Crippen molar-refractivity contribution in [1.82, 2.24) is 29.7 Å². The molecule has 4 heterocycles. The first-order chi connectivity index (χ1) is 12.5. The summed E-state index contributed by atoms with van der Waals surface area (Å²) in [4.78, 5) is 31.0. The predicted octanol–water partition coefficient (Wildman–Crippen LogP) is 2.25. The van der Waals surface area contributed by atoms with E-state index in [1.54, 1.807) is 23.2 Å². The molecule has 1 aliphatic heterocycles. The first-order valence-electron chi connectivity index (χ1n) is 7.89. The number of nitrogens with one attached hydrogen (secondary N) is 2. The summed E-state index contributed by atoms with van der Waals surface area (Å²) in [6, 6.07) is 3.20. The normalized spacial score (nSPS) is 14.2. The summed E-state index contributed by atoms with van der Waals surface area (Å²) in [5.41, 5.74) is 0.607. The highest BCUT2D eigenvalue weighted by Crippen LogP contribution is 2.22. The number of halogens is 2. The van der Waals surface area contributed by atoms with E-state index in [1.807, 2.05) is 0 Å². The van der Waals surface area contributed by atoms with Crippen LogP contribution in [0.3, 0.4) is 0 Å². The second kappa shape index (κ2) is 6.58. The van der Waals surface area contributed by atoms with Crippen LogP contribution in [0.4, 0.5) is 5.82 Å². The van der Waals surface area contributed by atoms with Crippen LogP contribution in [0.1, 0.15) is 33.8 Å². The van der Waals surface area contributed by atoms with Gasteiger partial charge in [0.2, 0.25) is 0 Å². The molecule has 0 spiro atoms. The molecule has 0 atom stereocenters. The van der Waals surface area contributed by atoms with Gasteiger partial charge in [-0.3, -0.25) is 14.0 Å². The number of pyridine rings is 1. The van der Waals surface area contributed by atoms with E-state index >= 15 is 0 Å². The third-order valence-electron chi connectivity index (χ3n) is 4.14. The molecule has 0 bridgehead atoms. The van der Waals surface area contributed by atoms with Crippen molar-refractivity contribution in [3.8, 4) is 0 Å². The van der Waals surface area contributed by atoms with E-state index in [1.165, 1.54) is 4.40 Å². The maximum absolute atomic E-state index is 12.7. The number of H-pyrrole nitrogens is 1. The second-order valence-corrected chi connectivity index (χ2v) is 6.59. The summed E-state index contributed by atoms with van der Waals surface area (Å²) in [5.74, 6) is -0.788. The molecule has 1 fully saturated rings. The number of aromatic amines is 1. The largest absolute Gasteiger partial charge is 0.337 e. The number of carbonyl (C=O) groups is 2. The van der Waals surface area contributed by atoms with Gasteiger partial charge in [0.1, 0.15) is 5.65 Å². The third kappa shape index (κ3) is 2.89. The molecule has 9 nitrogen and oxygen atoms in total. The monoisotopic (exact) mass is 393 g/mol. The van der Waals surface area contributed by atoms with Gasteiger partial charge in [0.25, 0.3) is 11.8 Å². The van der Waals surface area contributed by atoms with E-state index in [0.717, 1.165) is 12.8 Å². The fourth-order valence-corrected chi connectivity index (χ4v) is 3.32. The van der Waals surface area contributed by atoms with Crippen molar-refractivity contribution >= 4 is 46.5 Å². The molecule has 2 N–H and O–H groups in total. The van der Waals surface area contributed by atoms with Crippen molar-refractivity contribution in [1.29, 1.82) is 0 Å². The Balaban J connectivity index is 1.63. The van der Waals surface area contributed by atoms with Crippen LogP contribution in [0.5, 0.6) is 0 Å². The maximum Gasteiger partial charge on any atom is 0.278 e. The van der Waals surface area contributed by atoms with Crippen LogP contribution in [0.2, 0.25) is 10.2 Å². The molecule has 1 aliphatic rings. The first kappa shape index (κ1) is 16.8. The molecule has 1 saturated heterocycles. The lowest BCUT2D eigenvalue weighted by atomic mass is 10.3. The van der Waals surface area contributed by atoms with Crippen LogP contribution in [0.25, 0.3) is 5.65 Å². The molecule has 0 unspecified atom stereocenters. The molecule has 26 heavy (non-hydrogen) atoms. The van der Waals surface area contributed by atoms with Gasteiger partial charge in [-0.1, -0.05) is 23.2 Å². The summed E-state index contributed by atoms with van der Waals surface area (Å²) in [7, 11) is 0. The molecule has 0 radical (unpaired) electrons. The fourth-order valence-electron chi connectivity index (χ4n) is 2.90. The average Bonchev–Trinajstić information content (AvgIpc) is 3.32. The van der Waals surface area contributed by atoms with Gasteiger partial charge in [0.05, 0.1) is 0 Å². The minimum Gasteiger partial charge on any atom is -0.337 e. The van der Waals surface area contributed by atoms with Crippen molar-refractivity contribution in [3.63, 3.8) is 0 Å². The number of amides is 2. The Morgan fingerprint density at radius 3 is 2.73 bits per heavy atom. The third-order valence-corrected chi connectivity index (χ3v) is 4.64. The maximum atomic E-state index is 12.7. The number of hydrogen-bond acceptors (Lipinski definition) is 5. The molecule has 134 valence electrons. The molecule has 3 aromatic rings. The lowest BCUT2D eigenvalue weighted by Gasteiger charge is -2.13. The highest BCUT2D eigenvalue weighted by atomic mass is 35.5. The van der Waals surface area contributed by atoms with Crippen LogP contribution in [-0.2, 0) is 0 Å². The van der Waals surface area contributed by atoms with Gasteiger partial charge in [-0.2, -0.15) is 5.21 Å². The standard InChI is InChI=1S/C15H13Cl2N7O2/c16-8-3-6-24-9(7-8)18-12(17)11(24)14(25)19-13-10(20-22-21-13)15(26)23-4-1-2-5-23/h3,6-7H,1-2,4-5H2,(H2,19,20,21,22,25). The zero-order chi connectivity index (χ0) is 18.3. The molecule has 3 aromatic heterocycles. The molecule has 2 amide bonds. The molecular formula is C15H13Cl2N7O2. The topological polar surface area (TPSA) is 108 Å². The minimum atomic E-state index is -0.561. The van der Waals surface area contributed by atoms with Gasteiger partial charge in [-0.25, -0.2) is 4.98 Å². The zero-order valence-corrected chi connectivity index (χ0v) is 14.9. The Kier molecular flexibility index (Phi) is 4.25. The predicted molar refractivity (Wildman–Crippen MR) is 94.7 cm³/mol. The Bertz CT molecular complexity index is 1010. The number of imidazole rings is 1. The number of anilines is 1. The van der Waals surface area contributed by atoms with Crippen molar-refractivity contribution in [2.24, 2.45) is 0 Å². The fraction of sp³-hybridized carbons (Fsp3) is 0.267. The Hall–Kier alpha value is -2.65. The van der Waals surface area contributed by atoms with Gasteiger partial charge in [0.15, 0.2) is 22.4 Å². The molecular weight excluding hydrogens is 381 g/mol. The van der Waals surface area contributed by atoms with Crippen molar-refractivity contribution in [2.45, 2.75) is 12.8 Å². The smallest absolute Gasteiger partial charge is 0.278 e. The van der Waals surface area contributed by atoms with E-state index in [4.69, 9.17) is 23.2 Å². The number of aromatic nitrogens is 5. The van der Waals surface area contributed by atoms with Crippen LogP contribution >= 0.6 is 23.2 Å². The van der Waals surface area contributed by atoms with E-state index < -0.39 is 5.91 Å². The quantitative estimate of drug-likeness (QED) is 0.709. The Labute approximate surface area is 157 Å². The van der Waals surface area contributed by atoms with Crippen LogP contribution < -0.4 is 5.32 Å². The first-order valence-corrected chi connectivity index (χ1v) is 8.64. The molecule has 0 aromatic carbocycles. The number of rotatable bonds is 3. The van der Waals surface area contributed by atoms with Gasteiger partial charge >= 0.3 is 0 Å². The number of likely N-dealkylation sites (tertiary alicyclic amines) is 1. The number of fused-ring (bicyclic) bond motifs is 1. The lowest BCUT2D eigenvalue weighted by Crippen LogP contribution is -2.29. The summed E-state index contributed by atoms with van der Waals surface area (Å²) < 4.78 is 1.51. The van der Waals surface area contributed by atoms with Crippen molar-refractivity contribution < 1.29 is 9.59 Å². The van der Waals surface area contributed by atoms with Gasteiger partial charge in [-0.15, -0.1) is 10.2 Å². The van der Waals surface area contributed by atoms with E-state index in [9.17, 15) is 9.59 Å². The van der Waals surface area contributed by atoms with E-state index in [0.29, 0.717) is 23.8 Å². The second-order valence-electron chi connectivity index (χ2n) is 5.80. The highest BCUT2D eigenvalue weighted by molar-refractivity contribution is 6.33. The minimum absolute atomic E-state index is 0.0145. The number of hydrogen-bond donors (Lipinski definition) is 2. The lowest BCUT2D eigenvalue weighted by molar-refractivity contribution is 0.0788. The van der Waals surface area contributed by atoms with Crippen molar-refractivity contribution in [2.75, 3.05) is 18.4 Å². The van der Waals surface area contributed by atoms with Crippen LogP contribution in [0.15, 0.2) is 18.3 Å². The van der Waals surface area contributed by atoms with Gasteiger partial charge < -0.3 is 10.2 Å². The van der Waals surface area contributed by atoms with Gasteiger partial charge in [0, 0.05) is 30.4 Å². The summed E-state index contributed by atoms with van der Waals surface area (Å²) >= 11 is 12.0. The molecule has 0 aliphatic carbocycles. The SMILES string of the molecule is O=C(Nc1n[nH]nc1C(=O)N1CCCC1)c1c(Cl)nc2cc(Cl)ccn12. The average molecular weight is 394 g/mol. The number of carbonyl (C=O) groups excluding carboxylic acids is 2. The van der Waals surface area contributed by atoms with Crippen LogP contribution in [0, 0.1) is 0 Å². The highest BCUT2D eigenvalue weighted by Gasteiger charge is 2.27. The van der Waals surface area contributed by atoms with Crippen molar-refractivity contribution in [3.05, 3.63) is 39.9 Å². The number of nitrogens with zero attached hydrogens (tertiary/aromatic N) is 5. The van der Waals surface area contributed by atoms with E-state index in [-0.39, 0.29) is 28.3 Å². The zero-order valence-electron chi connectivity index (χ0n) is 13.4. The summed E-state index contributed by atoms with van der Waals surface area (Å²) in [5, 5.41) is 13.2. The summed E-state index contributed by atoms with van der Waals surface area (Å²) in [6.45, 7) is 1.33.